The van der Waals surface area contributed by atoms with Gasteiger partial charge in [0, 0.05) is 19.1 Å². The number of hydrogen-bond donors (Lipinski definition) is 1. The Balaban J connectivity index is 1.97. The van der Waals surface area contributed by atoms with E-state index in [2.05, 4.69) is 16.5 Å². The van der Waals surface area contributed by atoms with Crippen LogP contribution >= 0.6 is 0 Å². The van der Waals surface area contributed by atoms with E-state index in [1.54, 1.807) is 12.1 Å². The Kier molecular flexibility index (Phi) is 5.35. The number of sulfonamides is 1. The number of halogens is 1. The summed E-state index contributed by atoms with van der Waals surface area (Å²) in [5, 5.41) is 0. The van der Waals surface area contributed by atoms with Gasteiger partial charge in [-0.15, -0.1) is 0 Å². The molecule has 118 valence electrons. The van der Waals surface area contributed by atoms with Gasteiger partial charge >= 0.3 is 0 Å². The Hall–Kier alpha value is -0.980. The van der Waals surface area contributed by atoms with Gasteiger partial charge in [0.2, 0.25) is 10.0 Å². The highest BCUT2D eigenvalue weighted by atomic mass is 32.2. The second-order valence-electron chi connectivity index (χ2n) is 5.85. The van der Waals surface area contributed by atoms with Gasteiger partial charge in [-0.3, -0.25) is 4.90 Å². The van der Waals surface area contributed by atoms with Gasteiger partial charge < -0.3 is 0 Å². The summed E-state index contributed by atoms with van der Waals surface area (Å²) in [5.74, 6) is 0.0936. The fraction of sp³-hybridized carbons (Fsp3) is 0.600. The number of piperidine rings is 1. The SMILES string of the molecule is C[C@@H](c1cccc(F)c1)N1CCC[C@H](CNS(C)(=O)=O)C1. The van der Waals surface area contributed by atoms with Crippen molar-refractivity contribution >= 4 is 10.0 Å². The molecule has 1 aliphatic heterocycles. The van der Waals surface area contributed by atoms with Crippen LogP contribution in [-0.4, -0.2) is 39.2 Å². The molecule has 0 amide bonds. The highest BCUT2D eigenvalue weighted by Gasteiger charge is 2.25. The molecule has 0 radical (unpaired) electrons. The van der Waals surface area contributed by atoms with Crippen LogP contribution in [0, 0.1) is 11.7 Å². The summed E-state index contributed by atoms with van der Waals surface area (Å²) in [7, 11) is -3.14. The van der Waals surface area contributed by atoms with Crippen LogP contribution in [0.25, 0.3) is 0 Å². The van der Waals surface area contributed by atoms with E-state index >= 15 is 0 Å². The van der Waals surface area contributed by atoms with Gasteiger partial charge in [-0.25, -0.2) is 17.5 Å². The highest BCUT2D eigenvalue weighted by molar-refractivity contribution is 7.88. The minimum absolute atomic E-state index is 0.140. The van der Waals surface area contributed by atoms with Crippen molar-refractivity contribution in [1.82, 2.24) is 9.62 Å². The first-order chi connectivity index (χ1) is 9.85. The van der Waals surface area contributed by atoms with Gasteiger partial charge in [-0.1, -0.05) is 12.1 Å². The van der Waals surface area contributed by atoms with Crippen molar-refractivity contribution in [3.63, 3.8) is 0 Å². The molecule has 2 atom stereocenters. The third-order valence-corrected chi connectivity index (χ3v) is 4.75. The molecule has 1 N–H and O–H groups in total. The highest BCUT2D eigenvalue weighted by Crippen LogP contribution is 2.26. The Morgan fingerprint density at radius 1 is 1.48 bits per heavy atom. The average molecular weight is 314 g/mol. The van der Waals surface area contributed by atoms with Gasteiger partial charge in [0.15, 0.2) is 0 Å². The lowest BCUT2D eigenvalue weighted by molar-refractivity contribution is 0.133. The molecule has 1 aliphatic rings. The minimum Gasteiger partial charge on any atom is -0.296 e. The predicted molar refractivity (Wildman–Crippen MR) is 82.0 cm³/mol. The first-order valence-corrected chi connectivity index (χ1v) is 9.18. The molecule has 1 saturated heterocycles. The van der Waals surface area contributed by atoms with Crippen LogP contribution < -0.4 is 4.72 Å². The molecule has 0 aliphatic carbocycles. The maximum absolute atomic E-state index is 13.3. The molecule has 0 unspecified atom stereocenters. The minimum atomic E-state index is -3.14. The van der Waals surface area contributed by atoms with Crippen molar-refractivity contribution in [3.8, 4) is 0 Å². The van der Waals surface area contributed by atoms with Crippen molar-refractivity contribution in [2.24, 2.45) is 5.92 Å². The van der Waals surface area contributed by atoms with E-state index in [0.717, 1.165) is 31.5 Å². The largest absolute Gasteiger partial charge is 0.296 e. The first-order valence-electron chi connectivity index (χ1n) is 7.29. The average Bonchev–Trinajstić information content (AvgIpc) is 2.44. The van der Waals surface area contributed by atoms with Gasteiger partial charge in [-0.2, -0.15) is 0 Å². The topological polar surface area (TPSA) is 49.4 Å². The molecule has 6 heteroatoms. The lowest BCUT2D eigenvalue weighted by Gasteiger charge is -2.37. The number of hydrogen-bond acceptors (Lipinski definition) is 3. The molecule has 2 rings (SSSR count). The summed E-state index contributed by atoms with van der Waals surface area (Å²) in [6.07, 6.45) is 3.24. The number of nitrogens with zero attached hydrogens (tertiary/aromatic N) is 1. The summed E-state index contributed by atoms with van der Waals surface area (Å²) >= 11 is 0. The summed E-state index contributed by atoms with van der Waals surface area (Å²) < 4.78 is 38.3. The normalized spacial score (nSPS) is 22.1. The van der Waals surface area contributed by atoms with Crippen LogP contribution in [0.3, 0.4) is 0 Å². The molecule has 1 aromatic rings. The maximum atomic E-state index is 13.3. The van der Waals surface area contributed by atoms with E-state index in [4.69, 9.17) is 0 Å². The van der Waals surface area contributed by atoms with Gasteiger partial charge in [-0.05, 0) is 49.9 Å². The van der Waals surface area contributed by atoms with Crippen LogP contribution in [0.15, 0.2) is 24.3 Å². The summed E-state index contributed by atoms with van der Waals surface area (Å²) in [5.41, 5.74) is 0.965. The standard InChI is InChI=1S/C15H23FN2O2S/c1-12(14-6-3-7-15(16)9-14)18-8-4-5-13(11-18)10-17-21(2,19)20/h3,6-7,9,12-13,17H,4-5,8,10-11H2,1-2H3/t12-,13+/m0/s1. The number of rotatable bonds is 5. The molecule has 1 aromatic carbocycles. The fourth-order valence-electron chi connectivity index (χ4n) is 2.86. The fourth-order valence-corrected chi connectivity index (χ4v) is 3.40. The van der Waals surface area contributed by atoms with E-state index in [1.807, 2.05) is 6.07 Å². The number of benzene rings is 1. The molecular weight excluding hydrogens is 291 g/mol. The van der Waals surface area contributed by atoms with Crippen molar-refractivity contribution in [2.45, 2.75) is 25.8 Å². The summed E-state index contributed by atoms with van der Waals surface area (Å²) in [6, 6.07) is 6.83. The summed E-state index contributed by atoms with van der Waals surface area (Å²) in [6.45, 7) is 4.35. The Morgan fingerprint density at radius 3 is 2.90 bits per heavy atom. The third-order valence-electron chi connectivity index (χ3n) is 4.06. The second-order valence-corrected chi connectivity index (χ2v) is 7.69. The van der Waals surface area contributed by atoms with Gasteiger partial charge in [0.1, 0.15) is 5.82 Å². The smallest absolute Gasteiger partial charge is 0.208 e. The van der Waals surface area contributed by atoms with Crippen LogP contribution in [0.5, 0.6) is 0 Å². The van der Waals surface area contributed by atoms with Crippen LogP contribution in [0.4, 0.5) is 4.39 Å². The van der Waals surface area contributed by atoms with E-state index in [1.165, 1.54) is 12.3 Å². The molecule has 0 saturated carbocycles. The van der Waals surface area contributed by atoms with Crippen LogP contribution in [-0.2, 0) is 10.0 Å². The lowest BCUT2D eigenvalue weighted by atomic mass is 9.95. The number of likely N-dealkylation sites (tertiary alicyclic amines) is 1. The molecule has 1 heterocycles. The van der Waals surface area contributed by atoms with Gasteiger partial charge in [0.05, 0.1) is 6.26 Å². The molecule has 21 heavy (non-hydrogen) atoms. The zero-order valence-corrected chi connectivity index (χ0v) is 13.4. The molecule has 1 fully saturated rings. The zero-order valence-electron chi connectivity index (χ0n) is 12.5. The molecule has 0 aromatic heterocycles. The van der Waals surface area contributed by atoms with Crippen molar-refractivity contribution in [1.29, 1.82) is 0 Å². The lowest BCUT2D eigenvalue weighted by Crippen LogP contribution is -2.41. The first kappa shape index (κ1) is 16.4. The predicted octanol–water partition coefficient (Wildman–Crippen LogP) is 2.15. The Labute approximate surface area is 126 Å². The monoisotopic (exact) mass is 314 g/mol. The summed E-state index contributed by atoms with van der Waals surface area (Å²) in [4.78, 5) is 2.30. The molecule has 4 nitrogen and oxygen atoms in total. The molecule has 0 spiro atoms. The molecule has 0 bridgehead atoms. The van der Waals surface area contributed by atoms with Gasteiger partial charge in [0.25, 0.3) is 0 Å². The van der Waals surface area contributed by atoms with Crippen molar-refractivity contribution in [2.75, 3.05) is 25.9 Å². The maximum Gasteiger partial charge on any atom is 0.208 e. The van der Waals surface area contributed by atoms with Crippen molar-refractivity contribution in [3.05, 3.63) is 35.6 Å². The van der Waals surface area contributed by atoms with Crippen LogP contribution in [0.1, 0.15) is 31.4 Å². The molecular formula is C15H23FN2O2S. The van der Waals surface area contributed by atoms with E-state index in [-0.39, 0.29) is 11.9 Å². The van der Waals surface area contributed by atoms with E-state index in [9.17, 15) is 12.8 Å². The Morgan fingerprint density at radius 2 is 2.24 bits per heavy atom. The van der Waals surface area contributed by atoms with E-state index in [0.29, 0.717) is 12.5 Å². The van der Waals surface area contributed by atoms with Crippen molar-refractivity contribution < 1.29 is 12.8 Å². The number of nitrogens with one attached hydrogen (secondary N) is 1. The third kappa shape index (κ3) is 5.05. The van der Waals surface area contributed by atoms with E-state index < -0.39 is 10.0 Å². The zero-order chi connectivity index (χ0) is 15.5. The van der Waals surface area contributed by atoms with Crippen LogP contribution in [0.2, 0.25) is 0 Å². The second kappa shape index (κ2) is 6.85. The Bertz CT molecular complexity index is 577. The quantitative estimate of drug-likeness (QED) is 0.906.